The van der Waals surface area contributed by atoms with Gasteiger partial charge in [-0.2, -0.15) is 0 Å². The zero-order valence-corrected chi connectivity index (χ0v) is 8.99. The van der Waals surface area contributed by atoms with Crippen molar-refractivity contribution in [2.24, 2.45) is 0 Å². The maximum Gasteiger partial charge on any atom is 0.342 e. The van der Waals surface area contributed by atoms with Crippen molar-refractivity contribution in [1.29, 1.82) is 0 Å². The molecule has 1 aromatic rings. The standard InChI is InChI=1S/C10H5ClFNO4/c11-3-1-2-6-4-9(13(16)17)7(10(14)15)5-8(6)12/h4-5H,3H2,(H,14,15). The molecular formula is C10H5ClFNO4. The lowest BCUT2D eigenvalue weighted by atomic mass is 10.1. The number of hydrogen-bond donors (Lipinski definition) is 1. The fourth-order valence-electron chi connectivity index (χ4n) is 1.11. The summed E-state index contributed by atoms with van der Waals surface area (Å²) in [6, 6.07) is 1.34. The first kappa shape index (κ1) is 12.9. The van der Waals surface area contributed by atoms with E-state index in [-0.39, 0.29) is 11.4 Å². The van der Waals surface area contributed by atoms with Gasteiger partial charge in [-0.05, 0) is 6.07 Å². The SMILES string of the molecule is O=C(O)c1cc(F)c(C#CCCl)cc1[N+](=O)[O-]. The zero-order valence-electron chi connectivity index (χ0n) is 8.24. The van der Waals surface area contributed by atoms with E-state index in [2.05, 4.69) is 11.8 Å². The topological polar surface area (TPSA) is 80.4 Å². The van der Waals surface area contributed by atoms with Gasteiger partial charge in [0.25, 0.3) is 5.69 Å². The number of benzene rings is 1. The van der Waals surface area contributed by atoms with E-state index in [1.165, 1.54) is 0 Å². The molecule has 0 spiro atoms. The number of halogens is 2. The van der Waals surface area contributed by atoms with Gasteiger partial charge < -0.3 is 5.11 Å². The normalized spacial score (nSPS) is 9.29. The van der Waals surface area contributed by atoms with Gasteiger partial charge in [0.05, 0.1) is 16.4 Å². The number of nitro groups is 1. The number of nitrogens with zero attached hydrogens (tertiary/aromatic N) is 1. The highest BCUT2D eigenvalue weighted by molar-refractivity contribution is 6.19. The van der Waals surface area contributed by atoms with Crippen LogP contribution in [0.2, 0.25) is 0 Å². The molecule has 0 aliphatic rings. The van der Waals surface area contributed by atoms with E-state index in [1.807, 2.05) is 0 Å². The summed E-state index contributed by atoms with van der Waals surface area (Å²) in [6.45, 7) is 0. The van der Waals surface area contributed by atoms with Gasteiger partial charge >= 0.3 is 5.97 Å². The van der Waals surface area contributed by atoms with Gasteiger partial charge in [-0.25, -0.2) is 9.18 Å². The second kappa shape index (κ2) is 5.27. The molecule has 5 nitrogen and oxygen atoms in total. The van der Waals surface area contributed by atoms with Crippen molar-refractivity contribution in [2.75, 3.05) is 5.88 Å². The first-order valence-electron chi connectivity index (χ1n) is 4.23. The maximum absolute atomic E-state index is 13.3. The Morgan fingerprint density at radius 2 is 2.24 bits per heavy atom. The fourth-order valence-corrected chi connectivity index (χ4v) is 1.18. The minimum Gasteiger partial charge on any atom is -0.477 e. The van der Waals surface area contributed by atoms with E-state index in [0.29, 0.717) is 6.07 Å². The molecule has 0 aliphatic heterocycles. The van der Waals surface area contributed by atoms with Crippen molar-refractivity contribution in [1.82, 2.24) is 0 Å². The molecule has 17 heavy (non-hydrogen) atoms. The lowest BCUT2D eigenvalue weighted by molar-refractivity contribution is -0.385. The second-order valence-corrected chi connectivity index (χ2v) is 3.11. The molecule has 0 unspecified atom stereocenters. The molecule has 0 aliphatic carbocycles. The van der Waals surface area contributed by atoms with Gasteiger partial charge in [0.15, 0.2) is 0 Å². The van der Waals surface area contributed by atoms with Crippen LogP contribution in [0.3, 0.4) is 0 Å². The smallest absolute Gasteiger partial charge is 0.342 e. The summed E-state index contributed by atoms with van der Waals surface area (Å²) >= 11 is 5.26. The van der Waals surface area contributed by atoms with Gasteiger partial charge in [-0.15, -0.1) is 11.6 Å². The molecule has 0 fully saturated rings. The second-order valence-electron chi connectivity index (χ2n) is 2.85. The fraction of sp³-hybridized carbons (Fsp3) is 0.100. The molecule has 0 saturated carbocycles. The third-order valence-electron chi connectivity index (χ3n) is 1.80. The quantitative estimate of drug-likeness (QED) is 0.380. The van der Waals surface area contributed by atoms with Crippen molar-refractivity contribution in [3.63, 3.8) is 0 Å². The number of alkyl halides is 1. The summed E-state index contributed by atoms with van der Waals surface area (Å²) in [5.74, 6) is 2.02. The summed E-state index contributed by atoms with van der Waals surface area (Å²) in [5, 5.41) is 19.3. The van der Waals surface area contributed by atoms with Crippen LogP contribution in [0.25, 0.3) is 0 Å². The molecule has 0 aromatic heterocycles. The predicted octanol–water partition coefficient (Wildman–Crippen LogP) is 2.02. The summed E-state index contributed by atoms with van der Waals surface area (Å²) in [4.78, 5) is 20.4. The van der Waals surface area contributed by atoms with E-state index < -0.39 is 28.0 Å². The Kier molecular flexibility index (Phi) is 4.01. The molecular weight excluding hydrogens is 253 g/mol. The molecule has 0 amide bonds. The number of carboxylic acids is 1. The molecule has 0 atom stereocenters. The number of nitro benzene ring substituents is 1. The van der Waals surface area contributed by atoms with Crippen LogP contribution in [0.4, 0.5) is 10.1 Å². The average Bonchev–Trinajstić information content (AvgIpc) is 2.26. The van der Waals surface area contributed by atoms with Crippen LogP contribution in [0.5, 0.6) is 0 Å². The van der Waals surface area contributed by atoms with Crippen LogP contribution in [-0.4, -0.2) is 21.9 Å². The summed E-state index contributed by atoms with van der Waals surface area (Å²) in [5.41, 5.74) is -1.69. The molecule has 0 radical (unpaired) electrons. The van der Waals surface area contributed by atoms with Gasteiger partial charge in [-0.3, -0.25) is 10.1 Å². The average molecular weight is 258 g/mol. The largest absolute Gasteiger partial charge is 0.477 e. The van der Waals surface area contributed by atoms with Crippen LogP contribution in [-0.2, 0) is 0 Å². The first-order chi connectivity index (χ1) is 7.97. The van der Waals surface area contributed by atoms with Gasteiger partial charge in [-0.1, -0.05) is 11.8 Å². The van der Waals surface area contributed by atoms with Crippen molar-refractivity contribution in [3.8, 4) is 11.8 Å². The monoisotopic (exact) mass is 257 g/mol. The Morgan fingerprint density at radius 3 is 2.71 bits per heavy atom. The molecule has 88 valence electrons. The number of carboxylic acid groups (broad SMARTS) is 1. The maximum atomic E-state index is 13.3. The highest BCUT2D eigenvalue weighted by atomic mass is 35.5. The van der Waals surface area contributed by atoms with E-state index in [9.17, 15) is 19.3 Å². The first-order valence-corrected chi connectivity index (χ1v) is 4.77. The molecule has 1 rings (SSSR count). The Bertz CT molecular complexity index is 547. The third kappa shape index (κ3) is 2.92. The van der Waals surface area contributed by atoms with Crippen molar-refractivity contribution >= 4 is 23.3 Å². The molecule has 0 heterocycles. The summed E-state index contributed by atoms with van der Waals surface area (Å²) in [7, 11) is 0. The van der Waals surface area contributed by atoms with Gasteiger partial charge in [0, 0.05) is 6.07 Å². The van der Waals surface area contributed by atoms with Crippen molar-refractivity contribution in [2.45, 2.75) is 0 Å². The van der Waals surface area contributed by atoms with Crippen LogP contribution in [0.15, 0.2) is 12.1 Å². The van der Waals surface area contributed by atoms with Crippen LogP contribution in [0, 0.1) is 27.8 Å². The van der Waals surface area contributed by atoms with Crippen LogP contribution in [0.1, 0.15) is 15.9 Å². The van der Waals surface area contributed by atoms with Crippen molar-refractivity contribution in [3.05, 3.63) is 39.2 Å². The molecule has 7 heteroatoms. The molecule has 1 N–H and O–H groups in total. The Balaban J connectivity index is 3.45. The summed E-state index contributed by atoms with van der Waals surface area (Å²) in [6.07, 6.45) is 0. The number of hydrogen-bond acceptors (Lipinski definition) is 3. The number of carbonyl (C=O) groups is 1. The van der Waals surface area contributed by atoms with E-state index in [0.717, 1.165) is 6.07 Å². The van der Waals surface area contributed by atoms with E-state index in [1.54, 1.807) is 0 Å². The minimum atomic E-state index is -1.58. The Hall–Kier alpha value is -2.13. The third-order valence-corrected chi connectivity index (χ3v) is 1.94. The molecule has 0 saturated heterocycles. The van der Waals surface area contributed by atoms with Gasteiger partial charge in [0.2, 0.25) is 0 Å². The lowest BCUT2D eigenvalue weighted by Gasteiger charge is -2.00. The molecule has 0 bridgehead atoms. The Labute approximate surface area is 100.0 Å². The van der Waals surface area contributed by atoms with E-state index >= 15 is 0 Å². The summed E-state index contributed by atoms with van der Waals surface area (Å²) < 4.78 is 13.3. The zero-order chi connectivity index (χ0) is 13.0. The highest BCUT2D eigenvalue weighted by Crippen LogP contribution is 2.22. The van der Waals surface area contributed by atoms with Gasteiger partial charge in [0.1, 0.15) is 11.4 Å². The van der Waals surface area contributed by atoms with Crippen LogP contribution >= 0.6 is 11.6 Å². The van der Waals surface area contributed by atoms with Crippen LogP contribution < -0.4 is 0 Å². The van der Waals surface area contributed by atoms with Crippen molar-refractivity contribution < 1.29 is 19.2 Å². The number of rotatable bonds is 2. The lowest BCUT2D eigenvalue weighted by Crippen LogP contribution is -2.04. The minimum absolute atomic E-state index is 0.0616. The highest BCUT2D eigenvalue weighted by Gasteiger charge is 2.22. The van der Waals surface area contributed by atoms with E-state index in [4.69, 9.17) is 16.7 Å². The Morgan fingerprint density at radius 1 is 1.59 bits per heavy atom. The number of aromatic carboxylic acids is 1. The predicted molar refractivity (Wildman–Crippen MR) is 57.6 cm³/mol. The molecule has 1 aromatic carbocycles.